The van der Waals surface area contributed by atoms with E-state index in [-0.39, 0.29) is 23.5 Å². The number of hydrogen-bond donors (Lipinski definition) is 3. The highest BCUT2D eigenvalue weighted by atomic mass is 16.5. The van der Waals surface area contributed by atoms with Crippen LogP contribution in [0.2, 0.25) is 0 Å². The van der Waals surface area contributed by atoms with Gasteiger partial charge in [-0.3, -0.25) is 0 Å². The predicted molar refractivity (Wildman–Crippen MR) is 92.4 cm³/mol. The molecule has 5 nitrogen and oxygen atoms in total. The van der Waals surface area contributed by atoms with E-state index in [1.54, 1.807) is 32.0 Å². The van der Waals surface area contributed by atoms with Gasteiger partial charge < -0.3 is 24.8 Å². The van der Waals surface area contributed by atoms with Gasteiger partial charge in [0.25, 0.3) is 0 Å². The number of fused-ring (bicyclic) bond motifs is 5. The molecule has 3 N–H and O–H groups in total. The molecule has 5 heteroatoms. The molecule has 2 atom stereocenters. The third-order valence-corrected chi connectivity index (χ3v) is 4.96. The van der Waals surface area contributed by atoms with Gasteiger partial charge in [-0.2, -0.15) is 0 Å². The van der Waals surface area contributed by atoms with E-state index in [0.29, 0.717) is 30.9 Å². The van der Waals surface area contributed by atoms with Crippen LogP contribution in [0.1, 0.15) is 49.0 Å². The minimum Gasteiger partial charge on any atom is -0.508 e. The molecule has 0 bridgehead atoms. The Hall–Kier alpha value is -2.40. The molecule has 4 rings (SSSR count). The van der Waals surface area contributed by atoms with Gasteiger partial charge in [-0.1, -0.05) is 0 Å². The first kappa shape index (κ1) is 16.1. The van der Waals surface area contributed by atoms with Crippen LogP contribution in [0.3, 0.4) is 0 Å². The summed E-state index contributed by atoms with van der Waals surface area (Å²) in [5.41, 5.74) is 1.95. The zero-order valence-electron chi connectivity index (χ0n) is 14.3. The summed E-state index contributed by atoms with van der Waals surface area (Å²) >= 11 is 0. The van der Waals surface area contributed by atoms with Crippen molar-refractivity contribution in [1.82, 2.24) is 0 Å². The molecule has 2 aliphatic heterocycles. The molecule has 0 aliphatic carbocycles. The predicted octanol–water partition coefficient (Wildman–Crippen LogP) is 3.41. The Bertz CT molecular complexity index is 822. The van der Waals surface area contributed by atoms with Gasteiger partial charge in [0.05, 0.1) is 18.1 Å². The lowest BCUT2D eigenvalue weighted by Crippen LogP contribution is -2.23. The highest BCUT2D eigenvalue weighted by Crippen LogP contribution is 2.52. The highest BCUT2D eigenvalue weighted by Gasteiger charge is 2.41. The van der Waals surface area contributed by atoms with Gasteiger partial charge in [0, 0.05) is 23.3 Å². The summed E-state index contributed by atoms with van der Waals surface area (Å²) in [6.07, 6.45) is 0.974. The van der Waals surface area contributed by atoms with E-state index in [1.165, 1.54) is 0 Å². The fraction of sp³-hybridized carbons (Fsp3) is 0.400. The first-order chi connectivity index (χ1) is 11.8. The number of benzene rings is 2. The van der Waals surface area contributed by atoms with Crippen molar-refractivity contribution in [2.45, 2.75) is 44.3 Å². The molecule has 25 heavy (non-hydrogen) atoms. The van der Waals surface area contributed by atoms with Crippen molar-refractivity contribution in [2.24, 2.45) is 0 Å². The number of phenolic OH excluding ortho intramolecular Hbond substituents is 2. The van der Waals surface area contributed by atoms with Crippen LogP contribution in [-0.4, -0.2) is 27.5 Å². The molecule has 0 fully saturated rings. The molecule has 0 aromatic heterocycles. The third kappa shape index (κ3) is 2.89. The normalized spacial score (nSPS) is 20.9. The molecule has 2 heterocycles. The number of hydrogen-bond acceptors (Lipinski definition) is 5. The van der Waals surface area contributed by atoms with E-state index >= 15 is 0 Å². The van der Waals surface area contributed by atoms with Crippen molar-refractivity contribution in [3.05, 3.63) is 47.0 Å². The summed E-state index contributed by atoms with van der Waals surface area (Å²) in [6.45, 7) is 3.99. The zero-order valence-corrected chi connectivity index (χ0v) is 14.3. The minimum atomic E-state index is -0.778. The van der Waals surface area contributed by atoms with Crippen molar-refractivity contribution in [3.8, 4) is 23.0 Å². The van der Waals surface area contributed by atoms with Crippen molar-refractivity contribution >= 4 is 0 Å². The topological polar surface area (TPSA) is 79.2 Å². The molecule has 2 unspecified atom stereocenters. The van der Waals surface area contributed by atoms with Gasteiger partial charge >= 0.3 is 0 Å². The number of ether oxygens (including phenoxy) is 2. The van der Waals surface area contributed by atoms with Crippen LogP contribution in [0.4, 0.5) is 0 Å². The maximum atomic E-state index is 10.3. The molecule has 0 saturated heterocycles. The number of aromatic hydroxyl groups is 2. The summed E-state index contributed by atoms with van der Waals surface area (Å²) in [6, 6.07) is 8.68. The van der Waals surface area contributed by atoms with E-state index < -0.39 is 5.60 Å². The maximum Gasteiger partial charge on any atom is 0.138 e. The van der Waals surface area contributed by atoms with Gasteiger partial charge in [-0.05, 0) is 50.5 Å². The fourth-order valence-electron chi connectivity index (χ4n) is 3.57. The van der Waals surface area contributed by atoms with Crippen molar-refractivity contribution in [1.29, 1.82) is 0 Å². The van der Waals surface area contributed by atoms with E-state index in [1.807, 2.05) is 12.1 Å². The number of rotatable bonds is 3. The molecule has 0 saturated carbocycles. The summed E-state index contributed by atoms with van der Waals surface area (Å²) in [4.78, 5) is 0. The standard InChI is InChI=1S/C20H22O5/c1-20(2,23)6-5-11-7-14-15-10-24-17-8-12(21)3-4-13(17)19(15)25-18(14)9-16(11)22/h3-4,7-9,15,19,21-23H,5-6,10H2,1-2H3. The summed E-state index contributed by atoms with van der Waals surface area (Å²) in [7, 11) is 0. The van der Waals surface area contributed by atoms with Crippen LogP contribution in [0.5, 0.6) is 23.0 Å². The summed E-state index contributed by atoms with van der Waals surface area (Å²) in [5, 5.41) is 29.9. The molecule has 0 spiro atoms. The molecular weight excluding hydrogens is 320 g/mol. The van der Waals surface area contributed by atoms with Gasteiger partial charge in [-0.25, -0.2) is 0 Å². The Morgan fingerprint density at radius 3 is 2.64 bits per heavy atom. The first-order valence-electron chi connectivity index (χ1n) is 8.52. The Morgan fingerprint density at radius 1 is 1.08 bits per heavy atom. The summed E-state index contributed by atoms with van der Waals surface area (Å²) in [5.74, 6) is 1.71. The SMILES string of the molecule is CC(C)(O)CCc1cc2c(cc1O)OC1c3ccc(O)cc3OCC21. The number of aryl methyl sites for hydroxylation is 1. The van der Waals surface area contributed by atoms with Crippen LogP contribution < -0.4 is 9.47 Å². The Kier molecular flexibility index (Phi) is 3.58. The average Bonchev–Trinajstić information content (AvgIpc) is 2.89. The highest BCUT2D eigenvalue weighted by molar-refractivity contribution is 5.54. The smallest absolute Gasteiger partial charge is 0.138 e. The molecule has 2 aromatic rings. The molecule has 2 aromatic carbocycles. The number of aliphatic hydroxyl groups is 1. The van der Waals surface area contributed by atoms with E-state index in [0.717, 1.165) is 16.7 Å². The van der Waals surface area contributed by atoms with Crippen molar-refractivity contribution < 1.29 is 24.8 Å². The lowest BCUT2D eigenvalue weighted by atomic mass is 9.87. The average molecular weight is 342 g/mol. The van der Waals surface area contributed by atoms with E-state index in [9.17, 15) is 15.3 Å². The molecular formula is C20H22O5. The fourth-order valence-corrected chi connectivity index (χ4v) is 3.57. The van der Waals surface area contributed by atoms with Crippen molar-refractivity contribution in [2.75, 3.05) is 6.61 Å². The van der Waals surface area contributed by atoms with Crippen LogP contribution in [-0.2, 0) is 6.42 Å². The van der Waals surface area contributed by atoms with Crippen molar-refractivity contribution in [3.63, 3.8) is 0 Å². The number of phenols is 2. The van der Waals surface area contributed by atoms with Crippen LogP contribution in [0, 0.1) is 0 Å². The zero-order chi connectivity index (χ0) is 17.8. The monoisotopic (exact) mass is 342 g/mol. The lowest BCUT2D eigenvalue weighted by molar-refractivity contribution is 0.0712. The lowest BCUT2D eigenvalue weighted by Gasteiger charge is -2.27. The van der Waals surface area contributed by atoms with E-state index in [2.05, 4.69) is 0 Å². The Balaban J connectivity index is 1.66. The summed E-state index contributed by atoms with van der Waals surface area (Å²) < 4.78 is 11.9. The first-order valence-corrected chi connectivity index (χ1v) is 8.52. The van der Waals surface area contributed by atoms with Gasteiger partial charge in [0.2, 0.25) is 0 Å². The second-order valence-corrected chi connectivity index (χ2v) is 7.51. The molecule has 132 valence electrons. The van der Waals surface area contributed by atoms with Crippen LogP contribution >= 0.6 is 0 Å². The Labute approximate surface area is 146 Å². The molecule has 0 radical (unpaired) electrons. The minimum absolute atomic E-state index is 0.0496. The van der Waals surface area contributed by atoms with Crippen LogP contribution in [0.25, 0.3) is 0 Å². The van der Waals surface area contributed by atoms with Gasteiger partial charge in [0.15, 0.2) is 0 Å². The second kappa shape index (κ2) is 5.56. The quantitative estimate of drug-likeness (QED) is 0.797. The molecule has 2 aliphatic rings. The van der Waals surface area contributed by atoms with E-state index in [4.69, 9.17) is 9.47 Å². The Morgan fingerprint density at radius 2 is 1.88 bits per heavy atom. The largest absolute Gasteiger partial charge is 0.508 e. The van der Waals surface area contributed by atoms with Gasteiger partial charge in [0.1, 0.15) is 29.1 Å². The maximum absolute atomic E-state index is 10.3. The van der Waals surface area contributed by atoms with Gasteiger partial charge in [-0.15, -0.1) is 0 Å². The van der Waals surface area contributed by atoms with Crippen LogP contribution in [0.15, 0.2) is 30.3 Å². The molecule has 0 amide bonds. The second-order valence-electron chi connectivity index (χ2n) is 7.51. The third-order valence-electron chi connectivity index (χ3n) is 4.96.